The molecule has 2 N–H and O–H groups in total. The Kier molecular flexibility index (Phi) is 3.80. The standard InChI is InChI=1S/C18H14N6O/c25-18(15-8-11-24(23-15)14-4-2-1-3-5-14)20-17-12-16(21-22-17)13-6-9-19-10-7-13/h1-12H,(H2,20,21,22,25). The molecule has 0 spiro atoms. The molecule has 0 bridgehead atoms. The minimum absolute atomic E-state index is 0.317. The van der Waals surface area contributed by atoms with Crippen LogP contribution in [0.1, 0.15) is 10.5 Å². The summed E-state index contributed by atoms with van der Waals surface area (Å²) in [4.78, 5) is 16.3. The van der Waals surface area contributed by atoms with E-state index in [-0.39, 0.29) is 5.91 Å². The monoisotopic (exact) mass is 330 g/mol. The molecule has 0 fully saturated rings. The van der Waals surface area contributed by atoms with Gasteiger partial charge in [-0.2, -0.15) is 10.2 Å². The summed E-state index contributed by atoms with van der Waals surface area (Å²) in [5.41, 5.74) is 2.95. The Morgan fingerprint density at radius 2 is 1.84 bits per heavy atom. The lowest BCUT2D eigenvalue weighted by Crippen LogP contribution is -2.13. The second kappa shape index (κ2) is 6.40. The number of carbonyl (C=O) groups excluding carboxylic acids is 1. The van der Waals surface area contributed by atoms with Crippen molar-refractivity contribution in [2.45, 2.75) is 0 Å². The van der Waals surface area contributed by atoms with Crippen molar-refractivity contribution in [2.75, 3.05) is 5.32 Å². The van der Waals surface area contributed by atoms with Crippen LogP contribution in [-0.4, -0.2) is 30.9 Å². The number of H-pyrrole nitrogens is 1. The number of carbonyl (C=O) groups is 1. The third kappa shape index (κ3) is 3.16. The molecule has 0 saturated carbocycles. The zero-order valence-corrected chi connectivity index (χ0v) is 13.1. The first-order valence-electron chi connectivity index (χ1n) is 7.68. The van der Waals surface area contributed by atoms with Gasteiger partial charge in [-0.3, -0.25) is 14.9 Å². The summed E-state index contributed by atoms with van der Waals surface area (Å²) < 4.78 is 1.65. The number of pyridine rings is 1. The van der Waals surface area contributed by atoms with Crippen molar-refractivity contribution in [3.8, 4) is 16.9 Å². The van der Waals surface area contributed by atoms with Gasteiger partial charge in [-0.1, -0.05) is 18.2 Å². The van der Waals surface area contributed by atoms with E-state index in [1.165, 1.54) is 0 Å². The molecule has 4 rings (SSSR count). The van der Waals surface area contributed by atoms with Crippen LogP contribution in [-0.2, 0) is 0 Å². The molecule has 3 aromatic heterocycles. The Morgan fingerprint density at radius 3 is 2.64 bits per heavy atom. The predicted octanol–water partition coefficient (Wildman–Crippen LogP) is 2.91. The summed E-state index contributed by atoms with van der Waals surface area (Å²) in [7, 11) is 0. The van der Waals surface area contributed by atoms with Crippen LogP contribution < -0.4 is 5.32 Å². The van der Waals surface area contributed by atoms with Crippen LogP contribution in [0.3, 0.4) is 0 Å². The molecule has 1 amide bonds. The Hall–Kier alpha value is -3.74. The fraction of sp³-hybridized carbons (Fsp3) is 0. The predicted molar refractivity (Wildman–Crippen MR) is 93.3 cm³/mol. The molecule has 0 unspecified atom stereocenters. The van der Waals surface area contributed by atoms with E-state index in [0.29, 0.717) is 11.5 Å². The Bertz CT molecular complexity index is 991. The smallest absolute Gasteiger partial charge is 0.277 e. The van der Waals surface area contributed by atoms with E-state index < -0.39 is 0 Å². The van der Waals surface area contributed by atoms with Crippen LogP contribution in [0.15, 0.2) is 73.2 Å². The summed E-state index contributed by atoms with van der Waals surface area (Å²) in [5.74, 6) is 0.119. The molecule has 122 valence electrons. The van der Waals surface area contributed by atoms with Gasteiger partial charge in [-0.25, -0.2) is 4.68 Å². The molecule has 3 heterocycles. The molecule has 0 aliphatic heterocycles. The lowest BCUT2D eigenvalue weighted by atomic mass is 10.2. The Balaban J connectivity index is 1.50. The van der Waals surface area contributed by atoms with E-state index in [2.05, 4.69) is 25.6 Å². The summed E-state index contributed by atoms with van der Waals surface area (Å²) in [5, 5.41) is 14.0. The molecule has 25 heavy (non-hydrogen) atoms. The third-order valence-corrected chi connectivity index (χ3v) is 3.65. The number of amides is 1. The van der Waals surface area contributed by atoms with Crippen molar-refractivity contribution in [3.05, 3.63) is 78.9 Å². The van der Waals surface area contributed by atoms with Crippen molar-refractivity contribution in [2.24, 2.45) is 0 Å². The van der Waals surface area contributed by atoms with Crippen molar-refractivity contribution < 1.29 is 4.79 Å². The van der Waals surface area contributed by atoms with Gasteiger partial charge in [0.05, 0.1) is 11.4 Å². The SMILES string of the molecule is O=C(Nc1cc(-c2ccncc2)[nH]n1)c1ccn(-c2ccccc2)n1. The maximum Gasteiger partial charge on any atom is 0.277 e. The molecule has 0 aliphatic carbocycles. The average molecular weight is 330 g/mol. The van der Waals surface area contributed by atoms with E-state index in [9.17, 15) is 4.79 Å². The van der Waals surface area contributed by atoms with Gasteiger partial charge in [0.15, 0.2) is 11.5 Å². The number of hydrogen-bond acceptors (Lipinski definition) is 4. The summed E-state index contributed by atoms with van der Waals surface area (Å²) in [6.07, 6.45) is 5.15. The minimum Gasteiger partial charge on any atom is -0.304 e. The average Bonchev–Trinajstić information content (AvgIpc) is 3.33. The van der Waals surface area contributed by atoms with Crippen LogP contribution in [0.4, 0.5) is 5.82 Å². The van der Waals surface area contributed by atoms with Crippen LogP contribution in [0.25, 0.3) is 16.9 Å². The van der Waals surface area contributed by atoms with Crippen molar-refractivity contribution >= 4 is 11.7 Å². The number of anilines is 1. The number of nitrogens with zero attached hydrogens (tertiary/aromatic N) is 4. The first kappa shape index (κ1) is 14.8. The second-order valence-corrected chi connectivity index (χ2v) is 5.34. The highest BCUT2D eigenvalue weighted by atomic mass is 16.2. The quantitative estimate of drug-likeness (QED) is 0.602. The fourth-order valence-corrected chi connectivity index (χ4v) is 2.42. The fourth-order valence-electron chi connectivity index (χ4n) is 2.42. The number of hydrogen-bond donors (Lipinski definition) is 2. The number of aromatic amines is 1. The molecule has 4 aromatic rings. The molecular formula is C18H14N6O. The van der Waals surface area contributed by atoms with E-state index in [1.807, 2.05) is 42.5 Å². The van der Waals surface area contributed by atoms with Gasteiger partial charge in [0.1, 0.15) is 0 Å². The third-order valence-electron chi connectivity index (χ3n) is 3.65. The van der Waals surface area contributed by atoms with Crippen LogP contribution in [0, 0.1) is 0 Å². The van der Waals surface area contributed by atoms with E-state index in [0.717, 1.165) is 16.9 Å². The number of aromatic nitrogens is 5. The van der Waals surface area contributed by atoms with E-state index in [1.54, 1.807) is 35.4 Å². The van der Waals surface area contributed by atoms with Crippen LogP contribution in [0.2, 0.25) is 0 Å². The van der Waals surface area contributed by atoms with Gasteiger partial charge < -0.3 is 5.32 Å². The molecule has 7 nitrogen and oxygen atoms in total. The number of benzene rings is 1. The van der Waals surface area contributed by atoms with Crippen molar-refractivity contribution in [1.82, 2.24) is 25.0 Å². The van der Waals surface area contributed by atoms with Gasteiger partial charge in [-0.15, -0.1) is 0 Å². The van der Waals surface area contributed by atoms with Gasteiger partial charge >= 0.3 is 0 Å². The van der Waals surface area contributed by atoms with Gasteiger partial charge in [0.25, 0.3) is 5.91 Å². The summed E-state index contributed by atoms with van der Waals surface area (Å²) in [6.45, 7) is 0. The molecule has 7 heteroatoms. The normalized spacial score (nSPS) is 10.6. The molecule has 0 aliphatic rings. The number of rotatable bonds is 4. The zero-order valence-electron chi connectivity index (χ0n) is 13.1. The maximum absolute atomic E-state index is 12.4. The maximum atomic E-state index is 12.4. The minimum atomic E-state index is -0.317. The van der Waals surface area contributed by atoms with Gasteiger partial charge in [0, 0.05) is 30.2 Å². The highest BCUT2D eigenvalue weighted by molar-refractivity contribution is 6.02. The highest BCUT2D eigenvalue weighted by Crippen LogP contribution is 2.19. The molecule has 0 saturated heterocycles. The molecule has 0 radical (unpaired) electrons. The van der Waals surface area contributed by atoms with E-state index >= 15 is 0 Å². The lowest BCUT2D eigenvalue weighted by Gasteiger charge is -2.00. The first-order chi connectivity index (χ1) is 12.3. The largest absolute Gasteiger partial charge is 0.304 e. The van der Waals surface area contributed by atoms with Crippen molar-refractivity contribution in [3.63, 3.8) is 0 Å². The zero-order chi connectivity index (χ0) is 17.1. The molecular weight excluding hydrogens is 316 g/mol. The number of para-hydroxylation sites is 1. The Labute approximate surface area is 143 Å². The van der Waals surface area contributed by atoms with Crippen LogP contribution >= 0.6 is 0 Å². The van der Waals surface area contributed by atoms with Crippen molar-refractivity contribution in [1.29, 1.82) is 0 Å². The van der Waals surface area contributed by atoms with Gasteiger partial charge in [0.2, 0.25) is 0 Å². The summed E-state index contributed by atoms with van der Waals surface area (Å²) >= 11 is 0. The van der Waals surface area contributed by atoms with Gasteiger partial charge in [-0.05, 0) is 30.3 Å². The second-order valence-electron chi connectivity index (χ2n) is 5.34. The summed E-state index contributed by atoms with van der Waals surface area (Å²) in [6, 6.07) is 16.8. The molecule has 0 atom stereocenters. The highest BCUT2D eigenvalue weighted by Gasteiger charge is 2.12. The van der Waals surface area contributed by atoms with Crippen LogP contribution in [0.5, 0.6) is 0 Å². The topological polar surface area (TPSA) is 88.5 Å². The van der Waals surface area contributed by atoms with E-state index in [4.69, 9.17) is 0 Å². The first-order valence-corrected chi connectivity index (χ1v) is 7.68. The number of nitrogens with one attached hydrogen (secondary N) is 2. The Morgan fingerprint density at radius 1 is 1.04 bits per heavy atom. The lowest BCUT2D eigenvalue weighted by molar-refractivity contribution is 0.102. The molecule has 1 aromatic carbocycles.